The van der Waals surface area contributed by atoms with Crippen molar-refractivity contribution in [1.82, 2.24) is 19.5 Å². The van der Waals surface area contributed by atoms with E-state index in [-0.39, 0.29) is 17.7 Å². The van der Waals surface area contributed by atoms with E-state index >= 15 is 0 Å². The number of hydrogen-bond donors (Lipinski definition) is 1. The molecule has 3 heterocycles. The van der Waals surface area contributed by atoms with Gasteiger partial charge < -0.3 is 4.98 Å². The average Bonchev–Trinajstić information content (AvgIpc) is 3.02. The largest absolute Gasteiger partial charge is 0.308 e. The summed E-state index contributed by atoms with van der Waals surface area (Å²) in [6, 6.07) is 7.24. The van der Waals surface area contributed by atoms with E-state index in [1.54, 1.807) is 17.4 Å². The summed E-state index contributed by atoms with van der Waals surface area (Å²) in [4.78, 5) is 39.3. The summed E-state index contributed by atoms with van der Waals surface area (Å²) in [7, 11) is 0. The molecule has 0 saturated heterocycles. The molecule has 27 heavy (non-hydrogen) atoms. The Hall–Kier alpha value is -2.80. The highest BCUT2D eigenvalue weighted by atomic mass is 32.1. The van der Waals surface area contributed by atoms with Gasteiger partial charge in [-0.2, -0.15) is 0 Å². The van der Waals surface area contributed by atoms with Crippen LogP contribution in [-0.4, -0.2) is 19.5 Å². The first kappa shape index (κ1) is 16.4. The summed E-state index contributed by atoms with van der Waals surface area (Å²) in [5.41, 5.74) is 1.58. The number of H-pyrrole nitrogens is 1. The van der Waals surface area contributed by atoms with Crippen LogP contribution in [-0.2, 0) is 19.4 Å². The molecule has 1 atom stereocenters. The van der Waals surface area contributed by atoms with Gasteiger partial charge in [0.05, 0.1) is 29.2 Å². The van der Waals surface area contributed by atoms with E-state index in [1.807, 2.05) is 18.2 Å². The van der Waals surface area contributed by atoms with Crippen molar-refractivity contribution < 1.29 is 0 Å². The molecule has 7 heteroatoms. The lowest BCUT2D eigenvalue weighted by atomic mass is 9.89. The number of rotatable bonds is 2. The Labute approximate surface area is 158 Å². The van der Waals surface area contributed by atoms with Gasteiger partial charge in [-0.05, 0) is 42.9 Å². The molecule has 1 aliphatic rings. The number of para-hydroxylation sites is 1. The molecule has 6 nitrogen and oxygen atoms in total. The molecule has 3 aromatic heterocycles. The second-order valence-corrected chi connectivity index (χ2v) is 8.32. The molecule has 4 aromatic rings. The SMILES string of the molecule is C[C@@H]1CCc2c(sc3nc(Cn4cnc5ccccc5c4=O)[nH]c(=O)c23)C1. The molecule has 0 amide bonds. The highest BCUT2D eigenvalue weighted by molar-refractivity contribution is 7.18. The molecule has 5 rings (SSSR count). The van der Waals surface area contributed by atoms with Gasteiger partial charge in [-0.25, -0.2) is 9.97 Å². The maximum atomic E-state index is 12.7. The van der Waals surface area contributed by atoms with Gasteiger partial charge in [0.15, 0.2) is 0 Å². The van der Waals surface area contributed by atoms with Gasteiger partial charge in [0.1, 0.15) is 10.7 Å². The highest BCUT2D eigenvalue weighted by Gasteiger charge is 2.23. The third-order valence-electron chi connectivity index (χ3n) is 5.27. The number of fused-ring (bicyclic) bond motifs is 4. The van der Waals surface area contributed by atoms with Crippen molar-refractivity contribution in [3.8, 4) is 0 Å². The summed E-state index contributed by atoms with van der Waals surface area (Å²) < 4.78 is 1.49. The van der Waals surface area contributed by atoms with Crippen LogP contribution in [0.3, 0.4) is 0 Å². The predicted molar refractivity (Wildman–Crippen MR) is 107 cm³/mol. The monoisotopic (exact) mass is 378 g/mol. The molecule has 0 saturated carbocycles. The van der Waals surface area contributed by atoms with Crippen molar-refractivity contribution in [1.29, 1.82) is 0 Å². The number of thiophene rings is 1. The Morgan fingerprint density at radius 3 is 3.04 bits per heavy atom. The molecule has 136 valence electrons. The Bertz CT molecular complexity index is 1300. The Kier molecular flexibility index (Phi) is 3.72. The lowest BCUT2D eigenvalue weighted by molar-refractivity contribution is 0.509. The summed E-state index contributed by atoms with van der Waals surface area (Å²) in [6.45, 7) is 2.44. The fraction of sp³-hybridized carbons (Fsp3) is 0.300. The van der Waals surface area contributed by atoms with Crippen LogP contribution >= 0.6 is 11.3 Å². The topological polar surface area (TPSA) is 80.6 Å². The zero-order valence-electron chi connectivity index (χ0n) is 14.9. The van der Waals surface area contributed by atoms with Gasteiger partial charge in [0, 0.05) is 4.88 Å². The number of hydrogen-bond acceptors (Lipinski definition) is 5. The molecular weight excluding hydrogens is 360 g/mol. The van der Waals surface area contributed by atoms with Crippen molar-refractivity contribution in [2.75, 3.05) is 0 Å². The van der Waals surface area contributed by atoms with Crippen LogP contribution in [0.25, 0.3) is 21.1 Å². The first-order valence-electron chi connectivity index (χ1n) is 9.08. The number of benzene rings is 1. The molecule has 0 unspecified atom stereocenters. The normalized spacial score (nSPS) is 16.7. The van der Waals surface area contributed by atoms with E-state index in [0.29, 0.717) is 22.6 Å². The van der Waals surface area contributed by atoms with Gasteiger partial charge >= 0.3 is 0 Å². The number of nitrogens with one attached hydrogen (secondary N) is 1. The molecular formula is C20H18N4O2S. The van der Waals surface area contributed by atoms with Crippen molar-refractivity contribution in [2.24, 2.45) is 5.92 Å². The number of aromatic nitrogens is 4. The molecule has 0 fully saturated rings. The maximum absolute atomic E-state index is 12.7. The highest BCUT2D eigenvalue weighted by Crippen LogP contribution is 2.35. The second kappa shape index (κ2) is 6.13. The number of aromatic amines is 1. The molecule has 0 aliphatic heterocycles. The number of nitrogens with zero attached hydrogens (tertiary/aromatic N) is 3. The van der Waals surface area contributed by atoms with Gasteiger partial charge in [0.25, 0.3) is 11.1 Å². The lowest BCUT2D eigenvalue weighted by Crippen LogP contribution is -2.23. The van der Waals surface area contributed by atoms with Crippen LogP contribution in [0.15, 0.2) is 40.2 Å². The Morgan fingerprint density at radius 1 is 1.30 bits per heavy atom. The minimum absolute atomic E-state index is 0.108. The smallest absolute Gasteiger partial charge is 0.261 e. The van der Waals surface area contributed by atoms with Crippen molar-refractivity contribution in [3.05, 3.63) is 67.6 Å². The first-order chi connectivity index (χ1) is 13.1. The molecule has 0 spiro atoms. The van der Waals surface area contributed by atoms with Crippen LogP contribution in [0.2, 0.25) is 0 Å². The Morgan fingerprint density at radius 2 is 2.15 bits per heavy atom. The van der Waals surface area contributed by atoms with Crippen LogP contribution in [0.5, 0.6) is 0 Å². The minimum atomic E-state index is -0.136. The van der Waals surface area contributed by atoms with Gasteiger partial charge in [-0.1, -0.05) is 19.1 Å². The van der Waals surface area contributed by atoms with Crippen LogP contribution in [0, 0.1) is 5.92 Å². The minimum Gasteiger partial charge on any atom is -0.308 e. The quantitative estimate of drug-likeness (QED) is 0.582. The summed E-state index contributed by atoms with van der Waals surface area (Å²) in [5, 5.41) is 1.29. The van der Waals surface area contributed by atoms with E-state index in [4.69, 9.17) is 0 Å². The van der Waals surface area contributed by atoms with Crippen LogP contribution in [0.4, 0.5) is 0 Å². The van der Waals surface area contributed by atoms with Gasteiger partial charge in [-0.3, -0.25) is 14.2 Å². The van der Waals surface area contributed by atoms with E-state index in [2.05, 4.69) is 21.9 Å². The fourth-order valence-electron chi connectivity index (χ4n) is 3.85. The molecule has 0 radical (unpaired) electrons. The Balaban J connectivity index is 1.59. The predicted octanol–water partition coefficient (Wildman–Crippen LogP) is 2.87. The van der Waals surface area contributed by atoms with Gasteiger partial charge in [0.2, 0.25) is 0 Å². The standard InChI is InChI=1S/C20H18N4O2S/c1-11-6-7-13-15(8-11)27-19-17(13)18(25)22-16(23-19)9-24-10-21-14-5-3-2-4-12(14)20(24)26/h2-5,10-11H,6-9H2,1H3,(H,22,23,25)/t11-/m1/s1. The third kappa shape index (κ3) is 2.70. The molecule has 1 aromatic carbocycles. The molecule has 0 bridgehead atoms. The van der Waals surface area contributed by atoms with Crippen molar-refractivity contribution >= 4 is 32.5 Å². The summed E-state index contributed by atoms with van der Waals surface area (Å²) in [6.07, 6.45) is 4.57. The van der Waals surface area contributed by atoms with Crippen molar-refractivity contribution in [3.63, 3.8) is 0 Å². The fourth-order valence-corrected chi connectivity index (χ4v) is 5.25. The average molecular weight is 378 g/mol. The summed E-state index contributed by atoms with van der Waals surface area (Å²) in [5.74, 6) is 1.13. The molecule has 1 N–H and O–H groups in total. The second-order valence-electron chi connectivity index (χ2n) is 7.24. The van der Waals surface area contributed by atoms with E-state index in [9.17, 15) is 9.59 Å². The van der Waals surface area contributed by atoms with Gasteiger partial charge in [-0.15, -0.1) is 11.3 Å². The third-order valence-corrected chi connectivity index (χ3v) is 6.41. The lowest BCUT2D eigenvalue weighted by Gasteiger charge is -2.17. The number of aryl methyl sites for hydroxylation is 1. The zero-order chi connectivity index (χ0) is 18.5. The van der Waals surface area contributed by atoms with Crippen molar-refractivity contribution in [2.45, 2.75) is 32.7 Å². The first-order valence-corrected chi connectivity index (χ1v) is 9.89. The van der Waals surface area contributed by atoms with Crippen LogP contribution in [0.1, 0.15) is 29.6 Å². The maximum Gasteiger partial charge on any atom is 0.261 e. The van der Waals surface area contributed by atoms with E-state index in [1.165, 1.54) is 15.8 Å². The zero-order valence-corrected chi connectivity index (χ0v) is 15.7. The van der Waals surface area contributed by atoms with E-state index < -0.39 is 0 Å². The molecule has 1 aliphatic carbocycles. The van der Waals surface area contributed by atoms with E-state index in [0.717, 1.165) is 35.0 Å². The summed E-state index contributed by atoms with van der Waals surface area (Å²) >= 11 is 1.61. The van der Waals surface area contributed by atoms with Crippen LogP contribution < -0.4 is 11.1 Å².